The van der Waals surface area contributed by atoms with Crippen LogP contribution in [0.25, 0.3) is 0 Å². The average molecular weight is 385 g/mol. The first kappa shape index (κ1) is 20.7. The van der Waals surface area contributed by atoms with Gasteiger partial charge >= 0.3 is 0 Å². The van der Waals surface area contributed by atoms with Gasteiger partial charge in [-0.25, -0.2) is 0 Å². The van der Waals surface area contributed by atoms with E-state index in [2.05, 4.69) is 31.0 Å². The minimum Gasteiger partial charge on any atom is -0.355 e. The fraction of sp³-hybridized carbons (Fsp3) is 0.706. The summed E-state index contributed by atoms with van der Waals surface area (Å²) in [4.78, 5) is 26.5. The molecule has 2 aliphatic heterocycles. The number of H-pyrrole nitrogens is 1. The smallest absolute Gasteiger partial charge is 0.272 e. The number of aromatic nitrogens is 2. The molecule has 0 bridgehead atoms. The predicted octanol–water partition coefficient (Wildman–Crippen LogP) is 0.198. The van der Waals surface area contributed by atoms with Crippen molar-refractivity contribution in [2.45, 2.75) is 45.2 Å². The van der Waals surface area contributed by atoms with Crippen LogP contribution in [0.2, 0.25) is 0 Å². The molecule has 0 unspecified atom stereocenters. The summed E-state index contributed by atoms with van der Waals surface area (Å²) in [7, 11) is 0. The lowest BCUT2D eigenvalue weighted by Gasteiger charge is -2.31. The number of nitrogens with one attached hydrogen (secondary N) is 4. The van der Waals surface area contributed by atoms with Gasteiger partial charge in [-0.05, 0) is 19.3 Å². The van der Waals surface area contributed by atoms with E-state index in [1.54, 1.807) is 0 Å². The van der Waals surface area contributed by atoms with Gasteiger partial charge in [0, 0.05) is 56.4 Å². The van der Waals surface area contributed by atoms with Crippen LogP contribution in [-0.4, -0.2) is 65.7 Å². The number of likely N-dealkylation sites (tertiary alicyclic amines) is 1. The monoisotopic (exact) mass is 384 g/mol. The molecule has 4 N–H and O–H groups in total. The van der Waals surface area contributed by atoms with Gasteiger partial charge in [-0.15, -0.1) is 12.4 Å². The maximum Gasteiger partial charge on any atom is 0.272 e. The molecule has 3 rings (SSSR count). The van der Waals surface area contributed by atoms with Crippen LogP contribution in [0, 0.1) is 0 Å². The Bertz CT molecular complexity index is 612. The molecule has 9 heteroatoms. The van der Waals surface area contributed by atoms with Gasteiger partial charge in [0.15, 0.2) is 5.69 Å². The molecule has 2 aliphatic rings. The third kappa shape index (κ3) is 5.18. The van der Waals surface area contributed by atoms with Crippen LogP contribution in [0.4, 0.5) is 0 Å². The third-order valence-electron chi connectivity index (χ3n) is 4.88. The molecule has 3 heterocycles. The van der Waals surface area contributed by atoms with Gasteiger partial charge in [-0.2, -0.15) is 5.10 Å². The molecule has 1 saturated heterocycles. The second-order valence-electron chi connectivity index (χ2n) is 6.83. The molecule has 2 amide bonds. The molecular formula is C17H29ClN6O2. The summed E-state index contributed by atoms with van der Waals surface area (Å²) in [5.41, 5.74) is 2.58. The van der Waals surface area contributed by atoms with Crippen molar-refractivity contribution in [3.05, 3.63) is 17.0 Å². The lowest BCUT2D eigenvalue weighted by molar-refractivity contribution is -0.122. The molecule has 0 spiro atoms. The number of aromatic amines is 1. The normalized spacial score (nSPS) is 17.9. The Morgan fingerprint density at radius 2 is 2.08 bits per heavy atom. The van der Waals surface area contributed by atoms with Crippen molar-refractivity contribution in [1.29, 1.82) is 0 Å². The van der Waals surface area contributed by atoms with Crippen LogP contribution in [-0.2, 0) is 17.8 Å². The van der Waals surface area contributed by atoms with E-state index in [9.17, 15) is 9.59 Å². The van der Waals surface area contributed by atoms with Crippen LogP contribution >= 0.6 is 12.4 Å². The fourth-order valence-electron chi connectivity index (χ4n) is 3.43. The highest BCUT2D eigenvalue weighted by molar-refractivity contribution is 5.94. The van der Waals surface area contributed by atoms with Crippen molar-refractivity contribution in [2.24, 2.45) is 0 Å². The highest BCUT2D eigenvalue weighted by Gasteiger charge is 2.26. The Morgan fingerprint density at radius 3 is 2.81 bits per heavy atom. The van der Waals surface area contributed by atoms with E-state index in [0.717, 1.165) is 63.1 Å². The molecular weight excluding hydrogens is 356 g/mol. The Labute approximate surface area is 160 Å². The van der Waals surface area contributed by atoms with Gasteiger partial charge in [0.2, 0.25) is 5.91 Å². The van der Waals surface area contributed by atoms with Gasteiger partial charge < -0.3 is 16.0 Å². The third-order valence-corrected chi connectivity index (χ3v) is 4.88. The standard InChI is InChI=1S/C17H28N6O2.ClH/c1-2-6-19-15(24)11-23-8-4-12(5-9-23)20-17(25)16-13-10-18-7-3-14(13)21-22-16;/h12,18H,2-11H2,1H3,(H,19,24)(H,20,25)(H,21,22);1H. The molecule has 0 atom stereocenters. The zero-order valence-electron chi connectivity index (χ0n) is 15.3. The Morgan fingerprint density at radius 1 is 1.31 bits per heavy atom. The lowest BCUT2D eigenvalue weighted by Crippen LogP contribution is -2.47. The number of amides is 2. The van der Waals surface area contributed by atoms with E-state index in [1.165, 1.54) is 0 Å². The number of halogens is 1. The molecule has 0 saturated carbocycles. The number of hydrogen-bond acceptors (Lipinski definition) is 5. The highest BCUT2D eigenvalue weighted by Crippen LogP contribution is 2.16. The summed E-state index contributed by atoms with van der Waals surface area (Å²) < 4.78 is 0. The van der Waals surface area contributed by atoms with Crippen LogP contribution in [0.1, 0.15) is 47.9 Å². The summed E-state index contributed by atoms with van der Waals surface area (Å²) in [6, 6.07) is 0.145. The first-order valence-corrected chi connectivity index (χ1v) is 9.24. The first-order valence-electron chi connectivity index (χ1n) is 9.24. The maximum atomic E-state index is 12.5. The number of hydrogen-bond donors (Lipinski definition) is 4. The predicted molar refractivity (Wildman–Crippen MR) is 101 cm³/mol. The van der Waals surface area contributed by atoms with Gasteiger partial charge in [0.05, 0.1) is 6.54 Å². The minimum absolute atomic E-state index is 0. The average Bonchev–Trinajstić information content (AvgIpc) is 3.06. The van der Waals surface area contributed by atoms with Gasteiger partial charge in [-0.1, -0.05) is 6.92 Å². The molecule has 146 valence electrons. The van der Waals surface area contributed by atoms with Crippen molar-refractivity contribution in [2.75, 3.05) is 32.7 Å². The molecule has 26 heavy (non-hydrogen) atoms. The van der Waals surface area contributed by atoms with E-state index in [-0.39, 0.29) is 30.3 Å². The van der Waals surface area contributed by atoms with E-state index >= 15 is 0 Å². The molecule has 1 fully saturated rings. The SMILES string of the molecule is CCCNC(=O)CN1CCC(NC(=O)c2n[nH]c3c2CNCC3)CC1.Cl. The molecule has 0 aliphatic carbocycles. The molecule has 0 aromatic carbocycles. The Hall–Kier alpha value is -1.64. The van der Waals surface area contributed by atoms with Crippen LogP contribution in [0.3, 0.4) is 0 Å². The van der Waals surface area contributed by atoms with E-state index in [0.29, 0.717) is 18.8 Å². The zero-order chi connectivity index (χ0) is 17.6. The zero-order valence-corrected chi connectivity index (χ0v) is 16.1. The van der Waals surface area contributed by atoms with Crippen LogP contribution < -0.4 is 16.0 Å². The van der Waals surface area contributed by atoms with Crippen LogP contribution in [0.5, 0.6) is 0 Å². The van der Waals surface area contributed by atoms with Crippen molar-refractivity contribution in [1.82, 2.24) is 31.0 Å². The summed E-state index contributed by atoms with van der Waals surface area (Å²) in [6.07, 6.45) is 3.55. The van der Waals surface area contributed by atoms with Crippen molar-refractivity contribution in [3.8, 4) is 0 Å². The van der Waals surface area contributed by atoms with Gasteiger partial charge in [-0.3, -0.25) is 19.6 Å². The van der Waals surface area contributed by atoms with Crippen molar-refractivity contribution in [3.63, 3.8) is 0 Å². The number of nitrogens with zero attached hydrogens (tertiary/aromatic N) is 2. The Kier molecular flexibility index (Phi) is 7.86. The summed E-state index contributed by atoms with van der Waals surface area (Å²) >= 11 is 0. The van der Waals surface area contributed by atoms with E-state index in [1.807, 2.05) is 6.92 Å². The molecule has 0 radical (unpaired) electrons. The van der Waals surface area contributed by atoms with Gasteiger partial charge in [0.1, 0.15) is 0 Å². The fourth-order valence-corrected chi connectivity index (χ4v) is 3.43. The summed E-state index contributed by atoms with van der Waals surface area (Å²) in [5, 5.41) is 16.5. The molecule has 8 nitrogen and oxygen atoms in total. The second kappa shape index (κ2) is 9.89. The number of carbonyl (C=O) groups is 2. The van der Waals surface area contributed by atoms with Crippen LogP contribution in [0.15, 0.2) is 0 Å². The quantitative estimate of drug-likeness (QED) is 0.561. The first-order chi connectivity index (χ1) is 12.2. The lowest BCUT2D eigenvalue weighted by atomic mass is 10.0. The minimum atomic E-state index is -0.0969. The Balaban J connectivity index is 0.00000243. The molecule has 1 aromatic heterocycles. The summed E-state index contributed by atoms with van der Waals surface area (Å²) in [5.74, 6) is -0.0136. The van der Waals surface area contributed by atoms with Crippen molar-refractivity contribution >= 4 is 24.2 Å². The number of carbonyl (C=O) groups excluding carboxylic acids is 2. The largest absolute Gasteiger partial charge is 0.355 e. The van der Waals surface area contributed by atoms with E-state index in [4.69, 9.17) is 0 Å². The van der Waals surface area contributed by atoms with Crippen molar-refractivity contribution < 1.29 is 9.59 Å². The summed E-state index contributed by atoms with van der Waals surface area (Å²) in [6.45, 7) is 6.48. The number of fused-ring (bicyclic) bond motifs is 1. The van der Waals surface area contributed by atoms with E-state index < -0.39 is 0 Å². The number of rotatable bonds is 6. The highest BCUT2D eigenvalue weighted by atomic mass is 35.5. The maximum absolute atomic E-state index is 12.5. The second-order valence-corrected chi connectivity index (χ2v) is 6.83. The topological polar surface area (TPSA) is 102 Å². The number of piperidine rings is 1. The molecule has 1 aromatic rings. The van der Waals surface area contributed by atoms with Gasteiger partial charge in [0.25, 0.3) is 5.91 Å².